The van der Waals surface area contributed by atoms with Gasteiger partial charge in [0.15, 0.2) is 0 Å². The number of aliphatic carboxylic acids is 1. The van der Waals surface area contributed by atoms with Crippen molar-refractivity contribution in [1.82, 2.24) is 0 Å². The van der Waals surface area contributed by atoms with E-state index in [-0.39, 0.29) is 6.61 Å². The van der Waals surface area contributed by atoms with Crippen molar-refractivity contribution in [2.75, 3.05) is 6.61 Å². The van der Waals surface area contributed by atoms with E-state index in [1.165, 1.54) is 38.5 Å². The quantitative estimate of drug-likeness (QED) is 0.289. The van der Waals surface area contributed by atoms with Crippen LogP contribution in [0, 0.1) is 0 Å². The number of rotatable bonds is 14. The molecule has 0 heterocycles. The monoisotopic (exact) mass is 306 g/mol. The van der Waals surface area contributed by atoms with Crippen LogP contribution in [-0.4, -0.2) is 45.1 Å². The molecule has 0 bridgehead atoms. The molecular formula is C15H30O6. The largest absolute Gasteiger partial charge is 0.479 e. The molecule has 0 aliphatic carbocycles. The smallest absolute Gasteiger partial charge is 0.341 e. The number of ether oxygens (including phenoxy) is 1. The zero-order valence-corrected chi connectivity index (χ0v) is 13.0. The summed E-state index contributed by atoms with van der Waals surface area (Å²) in [6.45, 7) is 2.28. The van der Waals surface area contributed by atoms with Gasteiger partial charge in [-0.1, -0.05) is 64.7 Å². The Morgan fingerprint density at radius 1 is 0.905 bits per heavy atom. The lowest BCUT2D eigenvalue weighted by Crippen LogP contribution is -2.48. The van der Waals surface area contributed by atoms with Crippen molar-refractivity contribution in [2.45, 2.75) is 83.2 Å². The van der Waals surface area contributed by atoms with E-state index < -0.39 is 18.0 Å². The second-order valence-electron chi connectivity index (χ2n) is 5.46. The molecule has 0 aromatic rings. The van der Waals surface area contributed by atoms with E-state index in [0.29, 0.717) is 6.42 Å². The van der Waals surface area contributed by atoms with Gasteiger partial charge in [-0.25, -0.2) is 4.79 Å². The predicted octanol–water partition coefficient (Wildman–Crippen LogP) is 2.01. The fourth-order valence-electron chi connectivity index (χ4n) is 2.14. The maximum absolute atomic E-state index is 10.7. The van der Waals surface area contributed by atoms with Crippen LogP contribution in [0.4, 0.5) is 0 Å². The zero-order valence-electron chi connectivity index (χ0n) is 13.0. The van der Waals surface area contributed by atoms with Crippen molar-refractivity contribution in [3.8, 4) is 0 Å². The van der Waals surface area contributed by atoms with Gasteiger partial charge in [-0.15, -0.1) is 0 Å². The number of unbranched alkanes of at least 4 members (excludes halogenated alkanes) is 9. The Labute approximate surface area is 126 Å². The molecule has 4 N–H and O–H groups in total. The first-order chi connectivity index (χ1) is 9.89. The van der Waals surface area contributed by atoms with Crippen molar-refractivity contribution in [2.24, 2.45) is 0 Å². The topological polar surface area (TPSA) is 107 Å². The number of carbonyl (C=O) groups is 1. The highest BCUT2D eigenvalue weighted by Crippen LogP contribution is 2.12. The molecule has 1 unspecified atom stereocenters. The summed E-state index contributed by atoms with van der Waals surface area (Å²) in [5, 5.41) is 35.1. The minimum Gasteiger partial charge on any atom is -0.479 e. The van der Waals surface area contributed by atoms with Crippen LogP contribution in [-0.2, 0) is 9.53 Å². The summed E-state index contributed by atoms with van der Waals surface area (Å²) in [5.74, 6) is -4.95. The molecule has 0 amide bonds. The molecule has 21 heavy (non-hydrogen) atoms. The third-order valence-electron chi connectivity index (χ3n) is 3.36. The summed E-state index contributed by atoms with van der Waals surface area (Å²) in [5.41, 5.74) is 0. The van der Waals surface area contributed by atoms with Gasteiger partial charge in [0.2, 0.25) is 6.10 Å². The molecule has 6 nitrogen and oxygen atoms in total. The Morgan fingerprint density at radius 3 is 1.71 bits per heavy atom. The lowest BCUT2D eigenvalue weighted by atomic mass is 10.1. The lowest BCUT2D eigenvalue weighted by Gasteiger charge is -2.22. The predicted molar refractivity (Wildman–Crippen MR) is 78.6 cm³/mol. The van der Waals surface area contributed by atoms with Crippen LogP contribution in [0.5, 0.6) is 0 Å². The van der Waals surface area contributed by atoms with Crippen molar-refractivity contribution in [3.05, 3.63) is 0 Å². The van der Waals surface area contributed by atoms with Crippen LogP contribution in [0.15, 0.2) is 0 Å². The summed E-state index contributed by atoms with van der Waals surface area (Å²) in [4.78, 5) is 10.7. The van der Waals surface area contributed by atoms with Crippen molar-refractivity contribution in [3.63, 3.8) is 0 Å². The molecule has 6 heteroatoms. The van der Waals surface area contributed by atoms with Gasteiger partial charge in [-0.2, -0.15) is 0 Å². The molecule has 0 aromatic heterocycles. The molecule has 0 fully saturated rings. The number of hydrogen-bond acceptors (Lipinski definition) is 5. The van der Waals surface area contributed by atoms with E-state index in [2.05, 4.69) is 6.92 Å². The first-order valence-corrected chi connectivity index (χ1v) is 7.91. The van der Waals surface area contributed by atoms with E-state index >= 15 is 0 Å². The van der Waals surface area contributed by atoms with Gasteiger partial charge in [-0.3, -0.25) is 0 Å². The number of carboxylic acids is 1. The maximum atomic E-state index is 10.7. The third kappa shape index (κ3) is 11.6. The Morgan fingerprint density at radius 2 is 1.33 bits per heavy atom. The number of carboxylic acid groups (broad SMARTS) is 1. The fourth-order valence-corrected chi connectivity index (χ4v) is 2.14. The summed E-state index contributed by atoms with van der Waals surface area (Å²) in [6, 6.07) is 0. The average Bonchev–Trinajstić information content (AvgIpc) is 2.38. The second-order valence-corrected chi connectivity index (χ2v) is 5.46. The van der Waals surface area contributed by atoms with Gasteiger partial charge >= 0.3 is 11.9 Å². The highest BCUT2D eigenvalue weighted by atomic mass is 16.7. The van der Waals surface area contributed by atoms with Gasteiger partial charge in [0.1, 0.15) is 0 Å². The Hall–Kier alpha value is -0.690. The molecule has 0 spiro atoms. The molecule has 0 aliphatic heterocycles. The van der Waals surface area contributed by atoms with E-state index in [1.54, 1.807) is 0 Å². The fraction of sp³-hybridized carbons (Fsp3) is 0.933. The summed E-state index contributed by atoms with van der Waals surface area (Å²) < 4.78 is 4.79. The third-order valence-corrected chi connectivity index (χ3v) is 3.36. The molecule has 0 radical (unpaired) electrons. The Balaban J connectivity index is 3.45. The number of aliphatic hydroxyl groups is 3. The molecular weight excluding hydrogens is 276 g/mol. The van der Waals surface area contributed by atoms with Gasteiger partial charge in [0, 0.05) is 6.61 Å². The van der Waals surface area contributed by atoms with Crippen LogP contribution in [0.3, 0.4) is 0 Å². The lowest BCUT2D eigenvalue weighted by molar-refractivity contribution is -0.355. The van der Waals surface area contributed by atoms with E-state index in [0.717, 1.165) is 19.3 Å². The van der Waals surface area contributed by atoms with E-state index in [9.17, 15) is 4.79 Å². The second kappa shape index (κ2) is 11.9. The highest BCUT2D eigenvalue weighted by molar-refractivity contribution is 5.73. The van der Waals surface area contributed by atoms with Crippen molar-refractivity contribution < 1.29 is 30.0 Å². The Bertz CT molecular complexity index is 261. The maximum Gasteiger partial charge on any atom is 0.341 e. The molecule has 0 aliphatic rings. The first-order valence-electron chi connectivity index (χ1n) is 7.91. The molecule has 126 valence electrons. The van der Waals surface area contributed by atoms with Crippen molar-refractivity contribution >= 4 is 5.97 Å². The van der Waals surface area contributed by atoms with Gasteiger partial charge in [0.25, 0.3) is 0 Å². The summed E-state index contributed by atoms with van der Waals surface area (Å²) in [7, 11) is 0. The highest BCUT2D eigenvalue weighted by Gasteiger charge is 2.39. The van der Waals surface area contributed by atoms with E-state index in [4.69, 9.17) is 25.2 Å². The van der Waals surface area contributed by atoms with Crippen LogP contribution in [0.1, 0.15) is 71.1 Å². The van der Waals surface area contributed by atoms with Crippen LogP contribution in [0.25, 0.3) is 0 Å². The molecule has 0 rings (SSSR count). The molecule has 0 aromatic carbocycles. The first kappa shape index (κ1) is 20.3. The van der Waals surface area contributed by atoms with Gasteiger partial charge < -0.3 is 25.2 Å². The zero-order chi connectivity index (χ0) is 16.1. The van der Waals surface area contributed by atoms with Crippen LogP contribution >= 0.6 is 0 Å². The van der Waals surface area contributed by atoms with E-state index in [1.807, 2.05) is 0 Å². The summed E-state index contributed by atoms with van der Waals surface area (Å²) >= 11 is 0. The SMILES string of the molecule is CCCCCCCCCCCCOC(C(=O)O)C(O)(O)O. The van der Waals surface area contributed by atoms with Crippen LogP contribution < -0.4 is 0 Å². The Kier molecular flexibility index (Phi) is 11.5. The van der Waals surface area contributed by atoms with Crippen LogP contribution in [0.2, 0.25) is 0 Å². The number of hydrogen-bond donors (Lipinski definition) is 4. The van der Waals surface area contributed by atoms with Gasteiger partial charge in [-0.05, 0) is 6.42 Å². The molecule has 0 saturated heterocycles. The minimum atomic E-state index is -3.34. The summed E-state index contributed by atoms with van der Waals surface area (Å²) in [6.07, 6.45) is 9.36. The van der Waals surface area contributed by atoms with Crippen molar-refractivity contribution in [1.29, 1.82) is 0 Å². The normalized spacial score (nSPS) is 13.3. The molecule has 1 atom stereocenters. The van der Waals surface area contributed by atoms with Gasteiger partial charge in [0.05, 0.1) is 0 Å². The minimum absolute atomic E-state index is 0.0803. The average molecular weight is 306 g/mol. The molecule has 0 saturated carbocycles. The standard InChI is InChI=1S/C15H30O6/c1-2-3-4-5-6-7-8-9-10-11-12-21-13(14(16)17)15(18,19)20/h13,18-20H,2-12H2,1H3,(H,16,17).